The summed E-state index contributed by atoms with van der Waals surface area (Å²) in [6.45, 7) is 2.41. The molecule has 134 valence electrons. The monoisotopic (exact) mass is 358 g/mol. The average molecular weight is 358 g/mol. The SMILES string of the molecule is Cc1nn(Cc2ccccc2)c2c1[C@@H](c1cccc(O)c1)C(C#N)=C(N)O2. The second-order valence-electron chi connectivity index (χ2n) is 6.47. The van der Waals surface area contributed by atoms with Gasteiger partial charge >= 0.3 is 0 Å². The van der Waals surface area contributed by atoms with Crippen molar-refractivity contribution in [2.45, 2.75) is 19.4 Å². The average Bonchev–Trinajstić information content (AvgIpc) is 2.96. The van der Waals surface area contributed by atoms with E-state index in [0.717, 1.165) is 22.4 Å². The van der Waals surface area contributed by atoms with E-state index in [1.807, 2.05) is 43.3 Å². The minimum absolute atomic E-state index is 0.0626. The molecule has 0 saturated heterocycles. The third-order valence-corrected chi connectivity index (χ3v) is 4.67. The molecule has 0 unspecified atom stereocenters. The van der Waals surface area contributed by atoms with Crippen LogP contribution in [-0.2, 0) is 6.54 Å². The third kappa shape index (κ3) is 2.89. The fraction of sp³-hybridized carbons (Fsp3) is 0.143. The summed E-state index contributed by atoms with van der Waals surface area (Å²) in [4.78, 5) is 0. The van der Waals surface area contributed by atoms with Gasteiger partial charge in [-0.15, -0.1) is 0 Å². The summed E-state index contributed by atoms with van der Waals surface area (Å²) in [5.74, 6) is 0.287. The topological polar surface area (TPSA) is 97.1 Å². The highest BCUT2D eigenvalue weighted by atomic mass is 16.5. The molecule has 0 spiro atoms. The van der Waals surface area contributed by atoms with Gasteiger partial charge in [0, 0.05) is 0 Å². The molecule has 0 fully saturated rings. The zero-order valence-corrected chi connectivity index (χ0v) is 14.8. The van der Waals surface area contributed by atoms with E-state index in [2.05, 4.69) is 11.2 Å². The molecule has 1 atom stereocenters. The van der Waals surface area contributed by atoms with Crippen LogP contribution in [0, 0.1) is 18.3 Å². The van der Waals surface area contributed by atoms with Crippen molar-refractivity contribution in [3.63, 3.8) is 0 Å². The largest absolute Gasteiger partial charge is 0.508 e. The van der Waals surface area contributed by atoms with Crippen molar-refractivity contribution >= 4 is 0 Å². The van der Waals surface area contributed by atoms with Crippen LogP contribution in [0.1, 0.15) is 28.3 Å². The van der Waals surface area contributed by atoms with Crippen molar-refractivity contribution in [1.29, 1.82) is 5.26 Å². The normalized spacial score (nSPS) is 15.8. The maximum absolute atomic E-state index is 9.90. The summed E-state index contributed by atoms with van der Waals surface area (Å²) < 4.78 is 7.58. The summed E-state index contributed by atoms with van der Waals surface area (Å²) in [6.07, 6.45) is 0. The Bertz CT molecular complexity index is 1080. The molecule has 1 aliphatic heterocycles. The Labute approximate surface area is 156 Å². The molecule has 0 saturated carbocycles. The van der Waals surface area contributed by atoms with E-state index in [9.17, 15) is 10.4 Å². The first-order chi connectivity index (χ1) is 13.1. The second-order valence-corrected chi connectivity index (χ2v) is 6.47. The summed E-state index contributed by atoms with van der Waals surface area (Å²) in [5, 5.41) is 24.2. The van der Waals surface area contributed by atoms with Gasteiger partial charge in [0.1, 0.15) is 17.4 Å². The fourth-order valence-corrected chi connectivity index (χ4v) is 3.48. The molecule has 1 aromatic heterocycles. The number of rotatable bonds is 3. The number of nitrogens with zero attached hydrogens (tertiary/aromatic N) is 3. The Kier molecular flexibility index (Phi) is 4.05. The number of benzene rings is 2. The van der Waals surface area contributed by atoms with Gasteiger partial charge in [-0.05, 0) is 30.2 Å². The van der Waals surface area contributed by atoms with E-state index < -0.39 is 5.92 Å². The van der Waals surface area contributed by atoms with Crippen LogP contribution in [0.15, 0.2) is 66.1 Å². The van der Waals surface area contributed by atoms with Crippen molar-refractivity contribution in [3.8, 4) is 17.7 Å². The van der Waals surface area contributed by atoms with Gasteiger partial charge in [-0.2, -0.15) is 10.4 Å². The zero-order chi connectivity index (χ0) is 19.0. The molecule has 27 heavy (non-hydrogen) atoms. The number of allylic oxidation sites excluding steroid dienone is 1. The van der Waals surface area contributed by atoms with E-state index in [4.69, 9.17) is 10.5 Å². The van der Waals surface area contributed by atoms with Gasteiger partial charge < -0.3 is 15.6 Å². The van der Waals surface area contributed by atoms with Crippen LogP contribution in [-0.4, -0.2) is 14.9 Å². The summed E-state index contributed by atoms with van der Waals surface area (Å²) >= 11 is 0. The maximum Gasteiger partial charge on any atom is 0.224 e. The lowest BCUT2D eigenvalue weighted by Gasteiger charge is -2.25. The lowest BCUT2D eigenvalue weighted by Crippen LogP contribution is -2.22. The molecule has 0 bridgehead atoms. The predicted octanol–water partition coefficient (Wildman–Crippen LogP) is 3.16. The van der Waals surface area contributed by atoms with Gasteiger partial charge in [0.2, 0.25) is 11.8 Å². The highest BCUT2D eigenvalue weighted by Crippen LogP contribution is 2.44. The van der Waals surface area contributed by atoms with Crippen LogP contribution in [0.4, 0.5) is 0 Å². The first-order valence-corrected chi connectivity index (χ1v) is 8.56. The number of nitriles is 1. The number of nitrogens with two attached hydrogens (primary N) is 1. The van der Waals surface area contributed by atoms with Crippen molar-refractivity contribution in [2.75, 3.05) is 0 Å². The predicted molar refractivity (Wildman–Crippen MR) is 99.9 cm³/mol. The number of phenols is 1. The van der Waals surface area contributed by atoms with E-state index in [1.54, 1.807) is 22.9 Å². The molecule has 4 rings (SSSR count). The molecule has 0 radical (unpaired) electrons. The number of aryl methyl sites for hydroxylation is 1. The molecule has 6 heteroatoms. The number of hydrogen-bond acceptors (Lipinski definition) is 5. The Balaban J connectivity index is 1.86. The highest BCUT2D eigenvalue weighted by Gasteiger charge is 2.35. The van der Waals surface area contributed by atoms with E-state index in [0.29, 0.717) is 18.0 Å². The first-order valence-electron chi connectivity index (χ1n) is 8.56. The molecule has 6 nitrogen and oxygen atoms in total. The van der Waals surface area contributed by atoms with Crippen molar-refractivity contribution in [2.24, 2.45) is 5.73 Å². The van der Waals surface area contributed by atoms with Gasteiger partial charge in [-0.25, -0.2) is 4.68 Å². The molecule has 0 amide bonds. The Morgan fingerprint density at radius 3 is 2.70 bits per heavy atom. The van der Waals surface area contributed by atoms with Crippen molar-refractivity contribution in [3.05, 3.63) is 88.4 Å². The quantitative estimate of drug-likeness (QED) is 0.749. The molecule has 1 aliphatic rings. The van der Waals surface area contributed by atoms with Gasteiger partial charge in [0.25, 0.3) is 0 Å². The van der Waals surface area contributed by atoms with Crippen LogP contribution < -0.4 is 10.5 Å². The van der Waals surface area contributed by atoms with Gasteiger partial charge in [0.15, 0.2) is 0 Å². The Morgan fingerprint density at radius 1 is 1.22 bits per heavy atom. The zero-order valence-electron chi connectivity index (χ0n) is 14.8. The Morgan fingerprint density at radius 2 is 2.00 bits per heavy atom. The van der Waals surface area contributed by atoms with Gasteiger partial charge in [-0.3, -0.25) is 0 Å². The van der Waals surface area contributed by atoms with Gasteiger partial charge in [0.05, 0.1) is 23.7 Å². The molecular weight excluding hydrogens is 340 g/mol. The highest BCUT2D eigenvalue weighted by molar-refractivity contribution is 5.56. The van der Waals surface area contributed by atoms with Crippen LogP contribution in [0.2, 0.25) is 0 Å². The van der Waals surface area contributed by atoms with E-state index in [1.165, 1.54) is 0 Å². The molecule has 2 aromatic carbocycles. The number of aromatic hydroxyl groups is 1. The van der Waals surface area contributed by atoms with Crippen molar-refractivity contribution < 1.29 is 9.84 Å². The summed E-state index contributed by atoms with van der Waals surface area (Å²) in [7, 11) is 0. The number of hydrogen-bond donors (Lipinski definition) is 2. The molecule has 3 aromatic rings. The molecule has 2 heterocycles. The number of phenolic OH excluding ortho intramolecular Hbond substituents is 1. The minimum atomic E-state index is -0.435. The molecular formula is C21H18N4O2. The lowest BCUT2D eigenvalue weighted by molar-refractivity contribution is 0.352. The molecule has 3 N–H and O–H groups in total. The van der Waals surface area contributed by atoms with Crippen molar-refractivity contribution in [1.82, 2.24) is 9.78 Å². The first kappa shape index (κ1) is 16.7. The van der Waals surface area contributed by atoms with E-state index >= 15 is 0 Å². The van der Waals surface area contributed by atoms with Crippen LogP contribution in [0.5, 0.6) is 11.6 Å². The molecule has 0 aliphatic carbocycles. The summed E-state index contributed by atoms with van der Waals surface area (Å²) in [6, 6.07) is 18.9. The second kappa shape index (κ2) is 6.54. The van der Waals surface area contributed by atoms with Crippen LogP contribution in [0.3, 0.4) is 0 Å². The van der Waals surface area contributed by atoms with Crippen LogP contribution in [0.25, 0.3) is 0 Å². The third-order valence-electron chi connectivity index (χ3n) is 4.67. The van der Waals surface area contributed by atoms with Crippen LogP contribution >= 0.6 is 0 Å². The Hall–Kier alpha value is -3.72. The maximum atomic E-state index is 9.90. The number of aromatic nitrogens is 2. The fourth-order valence-electron chi connectivity index (χ4n) is 3.48. The number of ether oxygens (including phenoxy) is 1. The van der Waals surface area contributed by atoms with Gasteiger partial charge in [-0.1, -0.05) is 42.5 Å². The summed E-state index contributed by atoms with van der Waals surface area (Å²) in [5.41, 5.74) is 9.78. The minimum Gasteiger partial charge on any atom is -0.508 e. The standard InChI is InChI=1S/C21H18N4O2/c1-13-18-19(15-8-5-9-16(26)10-15)17(11-22)20(23)27-21(18)25(24-13)12-14-6-3-2-4-7-14/h2-10,19,26H,12,23H2,1H3/t19-/m0/s1. The number of fused-ring (bicyclic) bond motifs is 1. The smallest absolute Gasteiger partial charge is 0.224 e. The lowest BCUT2D eigenvalue weighted by atomic mass is 9.84. The van der Waals surface area contributed by atoms with E-state index in [-0.39, 0.29) is 11.6 Å².